The molecule has 0 saturated heterocycles. The van der Waals surface area contributed by atoms with Gasteiger partial charge in [-0.1, -0.05) is 12.4 Å². The van der Waals surface area contributed by atoms with E-state index in [1.807, 2.05) is 12.3 Å². The largest absolute Gasteiger partial charge is 0.368 e. The number of hydrogen-bond donors (Lipinski definition) is 1. The molecule has 0 fully saturated rings. The Bertz CT molecular complexity index is 275. The summed E-state index contributed by atoms with van der Waals surface area (Å²) in [6.45, 7) is 0. The van der Waals surface area contributed by atoms with Gasteiger partial charge < -0.3 is 5.32 Å². The summed E-state index contributed by atoms with van der Waals surface area (Å²) >= 11 is 0. The zero-order valence-corrected chi connectivity index (χ0v) is 6.96. The van der Waals surface area contributed by atoms with Gasteiger partial charge in [-0.15, -0.1) is 0 Å². The molecule has 1 N–H and O–H groups in total. The van der Waals surface area contributed by atoms with Crippen molar-refractivity contribution in [1.29, 1.82) is 0 Å². The number of anilines is 1. The van der Waals surface area contributed by atoms with Crippen molar-refractivity contribution in [3.05, 3.63) is 23.9 Å². The first kappa shape index (κ1) is 7.65. The summed E-state index contributed by atoms with van der Waals surface area (Å²) in [5, 5.41) is 3.31. The van der Waals surface area contributed by atoms with Crippen molar-refractivity contribution in [2.75, 3.05) is 5.32 Å². The molecule has 1 aromatic rings. The first-order valence-electron chi connectivity index (χ1n) is 4.30. The van der Waals surface area contributed by atoms with Gasteiger partial charge in [0.25, 0.3) is 0 Å². The molecule has 2 radical (unpaired) electrons. The highest BCUT2D eigenvalue weighted by Crippen LogP contribution is 2.22. The number of fused-ring (bicyclic) bond motifs is 1. The van der Waals surface area contributed by atoms with Crippen LogP contribution < -0.4 is 5.32 Å². The lowest BCUT2D eigenvalue weighted by atomic mass is 9.90. The van der Waals surface area contributed by atoms with E-state index in [1.165, 1.54) is 5.56 Å². The van der Waals surface area contributed by atoms with Crippen molar-refractivity contribution in [3.63, 3.8) is 0 Å². The maximum absolute atomic E-state index is 5.57. The minimum absolute atomic E-state index is 0.410. The molecule has 1 aliphatic heterocycles. The number of nitrogens with one attached hydrogen (secondary N) is 1. The molecule has 0 aliphatic carbocycles. The quantitative estimate of drug-likeness (QED) is 0.624. The fraction of sp³-hybridized carbons (Fsp3) is 0.444. The molecule has 3 heteroatoms. The second-order valence-electron chi connectivity index (χ2n) is 3.13. The van der Waals surface area contributed by atoms with Gasteiger partial charge in [0.05, 0.1) is 7.85 Å². The second-order valence-corrected chi connectivity index (χ2v) is 3.13. The van der Waals surface area contributed by atoms with Crippen LogP contribution in [-0.2, 0) is 6.42 Å². The number of pyridine rings is 1. The zero-order chi connectivity index (χ0) is 8.39. The maximum Gasteiger partial charge on any atom is 0.129 e. The average molecular weight is 158 g/mol. The molecule has 2 rings (SSSR count). The Morgan fingerprint density at radius 3 is 3.42 bits per heavy atom. The summed E-state index contributed by atoms with van der Waals surface area (Å²) in [6, 6.07) is 4.50. The molecule has 0 amide bonds. The molecule has 0 spiro atoms. The molecule has 0 aromatic carbocycles. The highest BCUT2D eigenvalue weighted by atomic mass is 15.0. The molecular formula is C9H11BN2. The molecule has 0 saturated carbocycles. The summed E-state index contributed by atoms with van der Waals surface area (Å²) in [4.78, 5) is 4.25. The van der Waals surface area contributed by atoms with E-state index < -0.39 is 0 Å². The lowest BCUT2D eigenvalue weighted by Gasteiger charge is -2.24. The van der Waals surface area contributed by atoms with E-state index in [9.17, 15) is 0 Å². The van der Waals surface area contributed by atoms with E-state index >= 15 is 0 Å². The van der Waals surface area contributed by atoms with Gasteiger partial charge in [0.1, 0.15) is 5.82 Å². The second kappa shape index (κ2) is 3.17. The number of aromatic nitrogens is 1. The van der Waals surface area contributed by atoms with Crippen molar-refractivity contribution in [2.45, 2.75) is 25.2 Å². The predicted octanol–water partition coefficient (Wildman–Crippen LogP) is 1.40. The van der Waals surface area contributed by atoms with Gasteiger partial charge in [-0.2, -0.15) is 0 Å². The summed E-state index contributed by atoms with van der Waals surface area (Å²) in [7, 11) is 5.57. The Balaban J connectivity index is 2.23. The third kappa shape index (κ3) is 1.31. The van der Waals surface area contributed by atoms with Crippen LogP contribution in [0.15, 0.2) is 18.3 Å². The van der Waals surface area contributed by atoms with Gasteiger partial charge in [-0.3, -0.25) is 0 Å². The first-order valence-corrected chi connectivity index (χ1v) is 4.30. The highest BCUT2D eigenvalue weighted by Gasteiger charge is 2.15. The van der Waals surface area contributed by atoms with Gasteiger partial charge in [-0.25, -0.2) is 4.98 Å². The van der Waals surface area contributed by atoms with Crippen molar-refractivity contribution in [3.8, 4) is 0 Å². The Kier molecular flexibility index (Phi) is 2.02. The third-order valence-electron chi connectivity index (χ3n) is 2.28. The van der Waals surface area contributed by atoms with E-state index in [4.69, 9.17) is 7.85 Å². The van der Waals surface area contributed by atoms with Gasteiger partial charge in [-0.05, 0) is 24.5 Å². The van der Waals surface area contributed by atoms with Crippen LogP contribution in [0.3, 0.4) is 0 Å². The van der Waals surface area contributed by atoms with Crippen LogP contribution in [0, 0.1) is 0 Å². The molecule has 2 nitrogen and oxygen atoms in total. The van der Waals surface area contributed by atoms with E-state index in [1.54, 1.807) is 0 Å². The van der Waals surface area contributed by atoms with Gasteiger partial charge in [0.15, 0.2) is 0 Å². The molecule has 0 bridgehead atoms. The number of aryl methyl sites for hydroxylation is 1. The summed E-state index contributed by atoms with van der Waals surface area (Å²) < 4.78 is 0. The fourth-order valence-electron chi connectivity index (χ4n) is 1.54. The van der Waals surface area contributed by atoms with Crippen LogP contribution in [-0.4, -0.2) is 18.9 Å². The minimum atomic E-state index is 0.410. The monoisotopic (exact) mass is 158 g/mol. The van der Waals surface area contributed by atoms with E-state index in [0.29, 0.717) is 12.4 Å². The summed E-state index contributed by atoms with van der Waals surface area (Å²) in [5.74, 6) is 1.01. The van der Waals surface area contributed by atoms with Crippen LogP contribution in [0.4, 0.5) is 5.82 Å². The standard InChI is InChI=1S/C9H11BN2/c10-6-8-4-3-7-2-1-5-11-9(7)12-8/h1-2,5,8H,3-4,6H2,(H,11,12). The topological polar surface area (TPSA) is 24.9 Å². The highest BCUT2D eigenvalue weighted by molar-refractivity contribution is 6.09. The number of hydrogen-bond acceptors (Lipinski definition) is 2. The third-order valence-corrected chi connectivity index (χ3v) is 2.28. The fourth-order valence-corrected chi connectivity index (χ4v) is 1.54. The van der Waals surface area contributed by atoms with Gasteiger partial charge in [0.2, 0.25) is 0 Å². The van der Waals surface area contributed by atoms with E-state index in [2.05, 4.69) is 16.4 Å². The normalized spacial score (nSPS) is 21.2. The molecule has 12 heavy (non-hydrogen) atoms. The lowest BCUT2D eigenvalue weighted by molar-refractivity contribution is 0.673. The SMILES string of the molecule is [B]CC1CCc2cccnc2N1. The van der Waals surface area contributed by atoms with Crippen molar-refractivity contribution < 1.29 is 0 Å². The molecule has 1 atom stereocenters. The molecular weight excluding hydrogens is 147 g/mol. The van der Waals surface area contributed by atoms with Crippen molar-refractivity contribution in [1.82, 2.24) is 4.98 Å². The van der Waals surface area contributed by atoms with Crippen LogP contribution in [0.25, 0.3) is 0 Å². The van der Waals surface area contributed by atoms with Crippen LogP contribution >= 0.6 is 0 Å². The lowest BCUT2D eigenvalue weighted by Crippen LogP contribution is -2.25. The Hall–Kier alpha value is -0.985. The summed E-state index contributed by atoms with van der Waals surface area (Å²) in [5.41, 5.74) is 1.31. The molecule has 1 aliphatic rings. The predicted molar refractivity (Wildman–Crippen MR) is 50.5 cm³/mol. The zero-order valence-electron chi connectivity index (χ0n) is 6.96. The Morgan fingerprint density at radius 1 is 1.67 bits per heavy atom. The van der Waals surface area contributed by atoms with Crippen molar-refractivity contribution in [2.24, 2.45) is 0 Å². The number of rotatable bonds is 1. The van der Waals surface area contributed by atoms with Gasteiger partial charge >= 0.3 is 0 Å². The Labute approximate surface area is 73.8 Å². The Morgan fingerprint density at radius 2 is 2.58 bits per heavy atom. The number of nitrogens with zero attached hydrogens (tertiary/aromatic N) is 1. The van der Waals surface area contributed by atoms with Crippen LogP contribution in [0.5, 0.6) is 0 Å². The first-order chi connectivity index (χ1) is 5.90. The smallest absolute Gasteiger partial charge is 0.129 e. The average Bonchev–Trinajstić information content (AvgIpc) is 2.17. The van der Waals surface area contributed by atoms with E-state index in [0.717, 1.165) is 18.7 Å². The molecule has 1 unspecified atom stereocenters. The van der Waals surface area contributed by atoms with E-state index in [-0.39, 0.29) is 0 Å². The van der Waals surface area contributed by atoms with Crippen LogP contribution in [0.1, 0.15) is 12.0 Å². The maximum atomic E-state index is 5.57. The molecule has 2 heterocycles. The molecule has 60 valence electrons. The minimum Gasteiger partial charge on any atom is -0.368 e. The van der Waals surface area contributed by atoms with Crippen LogP contribution in [0.2, 0.25) is 6.32 Å². The van der Waals surface area contributed by atoms with Crippen molar-refractivity contribution >= 4 is 13.7 Å². The molecule has 1 aromatic heterocycles. The van der Waals surface area contributed by atoms with Gasteiger partial charge in [0, 0.05) is 12.2 Å². The summed E-state index contributed by atoms with van der Waals surface area (Å²) in [6.07, 6.45) is 4.72.